The number of carboxylic acids is 1. The molecular formula is C15H9BrFNO2S. The van der Waals surface area contributed by atoms with Gasteiger partial charge in [0.25, 0.3) is 0 Å². The Kier molecular flexibility index (Phi) is 3.51. The Morgan fingerprint density at radius 2 is 2.19 bits per heavy atom. The number of pyridine rings is 1. The fraction of sp³-hybridized carbons (Fsp3) is 0.0667. The van der Waals surface area contributed by atoms with Crippen LogP contribution in [0.3, 0.4) is 0 Å². The molecule has 106 valence electrons. The summed E-state index contributed by atoms with van der Waals surface area (Å²) in [7, 11) is 0. The lowest BCUT2D eigenvalue weighted by Gasteiger charge is -2.12. The lowest BCUT2D eigenvalue weighted by Crippen LogP contribution is -2.05. The van der Waals surface area contributed by atoms with Crippen LogP contribution in [0.5, 0.6) is 0 Å². The quantitative estimate of drug-likeness (QED) is 0.704. The van der Waals surface area contributed by atoms with E-state index >= 15 is 0 Å². The first-order valence-electron chi connectivity index (χ1n) is 6.05. The third-order valence-corrected chi connectivity index (χ3v) is 4.70. The molecule has 0 saturated carbocycles. The second-order valence-corrected chi connectivity index (χ2v) is 6.33. The van der Waals surface area contributed by atoms with E-state index in [1.165, 1.54) is 23.5 Å². The number of hydrogen-bond acceptors (Lipinski definition) is 3. The van der Waals surface area contributed by atoms with Crippen molar-refractivity contribution in [2.75, 3.05) is 0 Å². The molecule has 0 amide bonds. The molecule has 2 aromatic heterocycles. The van der Waals surface area contributed by atoms with Crippen LogP contribution >= 0.6 is 27.3 Å². The normalized spacial score (nSPS) is 11.0. The van der Waals surface area contributed by atoms with Crippen LogP contribution in [-0.4, -0.2) is 16.1 Å². The maximum Gasteiger partial charge on any atom is 0.336 e. The molecule has 3 rings (SSSR count). The first-order valence-corrected chi connectivity index (χ1v) is 7.73. The number of fused-ring (bicyclic) bond motifs is 1. The number of benzene rings is 1. The highest BCUT2D eigenvalue weighted by molar-refractivity contribution is 9.10. The molecule has 0 unspecified atom stereocenters. The van der Waals surface area contributed by atoms with Gasteiger partial charge < -0.3 is 5.11 Å². The van der Waals surface area contributed by atoms with E-state index in [-0.39, 0.29) is 5.56 Å². The topological polar surface area (TPSA) is 50.2 Å². The second kappa shape index (κ2) is 5.20. The number of nitrogens with zero attached hydrogens (tertiary/aromatic N) is 1. The molecule has 3 nitrogen and oxygen atoms in total. The molecule has 0 radical (unpaired) electrons. The van der Waals surface area contributed by atoms with E-state index in [0.717, 1.165) is 4.88 Å². The number of halogens is 2. The summed E-state index contributed by atoms with van der Waals surface area (Å²) in [5.74, 6) is -1.59. The van der Waals surface area contributed by atoms with Gasteiger partial charge in [0, 0.05) is 9.86 Å². The molecular weight excluding hydrogens is 357 g/mol. The Bertz CT molecular complexity index is 862. The molecule has 0 aliphatic rings. The molecule has 0 atom stereocenters. The summed E-state index contributed by atoms with van der Waals surface area (Å²) in [6.45, 7) is 1.70. The van der Waals surface area contributed by atoms with E-state index in [0.29, 0.717) is 26.6 Å². The van der Waals surface area contributed by atoms with Gasteiger partial charge in [-0.3, -0.25) is 0 Å². The van der Waals surface area contributed by atoms with Gasteiger partial charge in [0.05, 0.1) is 21.7 Å². The Morgan fingerprint density at radius 1 is 1.43 bits per heavy atom. The number of carboxylic acid groups (broad SMARTS) is 1. The van der Waals surface area contributed by atoms with E-state index in [1.807, 2.05) is 17.5 Å². The van der Waals surface area contributed by atoms with Gasteiger partial charge in [-0.2, -0.15) is 0 Å². The molecule has 1 N–H and O–H groups in total. The highest BCUT2D eigenvalue weighted by atomic mass is 79.9. The van der Waals surface area contributed by atoms with Crippen molar-refractivity contribution in [1.82, 2.24) is 4.98 Å². The predicted molar refractivity (Wildman–Crippen MR) is 84.4 cm³/mol. The van der Waals surface area contributed by atoms with Crippen LogP contribution in [0.1, 0.15) is 15.9 Å². The van der Waals surface area contributed by atoms with Crippen LogP contribution in [0.4, 0.5) is 4.39 Å². The van der Waals surface area contributed by atoms with Crippen molar-refractivity contribution >= 4 is 44.1 Å². The standard InChI is InChI=1S/C15H9BrFNO2S/c1-7-12(15(19)20)9-5-8(17)6-10(16)14(9)18-13(7)11-3-2-4-21-11/h2-6H,1H3,(H,19,20). The number of rotatable bonds is 2. The van der Waals surface area contributed by atoms with Crippen LogP contribution in [0.15, 0.2) is 34.1 Å². The van der Waals surface area contributed by atoms with E-state index in [9.17, 15) is 14.3 Å². The lowest BCUT2D eigenvalue weighted by atomic mass is 10.0. The monoisotopic (exact) mass is 365 g/mol. The van der Waals surface area contributed by atoms with Gasteiger partial charge in [-0.05, 0) is 52.0 Å². The van der Waals surface area contributed by atoms with E-state index in [1.54, 1.807) is 6.92 Å². The van der Waals surface area contributed by atoms with Gasteiger partial charge in [-0.25, -0.2) is 14.2 Å². The Balaban J connectivity index is 2.48. The summed E-state index contributed by atoms with van der Waals surface area (Å²) in [5.41, 5.74) is 1.68. The molecule has 0 fully saturated rings. The summed E-state index contributed by atoms with van der Waals surface area (Å²) < 4.78 is 14.0. The third-order valence-electron chi connectivity index (χ3n) is 3.22. The smallest absolute Gasteiger partial charge is 0.336 e. The zero-order valence-corrected chi connectivity index (χ0v) is 13.3. The van der Waals surface area contributed by atoms with Crippen LogP contribution in [0, 0.1) is 12.7 Å². The van der Waals surface area contributed by atoms with Gasteiger partial charge in [0.1, 0.15) is 5.82 Å². The average Bonchev–Trinajstić information content (AvgIpc) is 2.91. The summed E-state index contributed by atoms with van der Waals surface area (Å²) in [6, 6.07) is 6.26. The fourth-order valence-electron chi connectivity index (χ4n) is 2.32. The molecule has 0 spiro atoms. The Labute approximate surface area is 132 Å². The minimum absolute atomic E-state index is 0.0867. The SMILES string of the molecule is Cc1c(-c2cccs2)nc2c(Br)cc(F)cc2c1C(=O)O. The first kappa shape index (κ1) is 14.2. The van der Waals surface area contributed by atoms with Crippen molar-refractivity contribution in [1.29, 1.82) is 0 Å². The summed E-state index contributed by atoms with van der Waals surface area (Å²) in [5, 5.41) is 11.7. The zero-order valence-electron chi connectivity index (χ0n) is 10.9. The van der Waals surface area contributed by atoms with Gasteiger partial charge in [-0.1, -0.05) is 6.07 Å². The minimum Gasteiger partial charge on any atom is -0.478 e. The van der Waals surface area contributed by atoms with Gasteiger partial charge in [-0.15, -0.1) is 11.3 Å². The average molecular weight is 366 g/mol. The van der Waals surface area contributed by atoms with E-state index < -0.39 is 11.8 Å². The maximum absolute atomic E-state index is 13.6. The van der Waals surface area contributed by atoms with Crippen molar-refractivity contribution in [2.24, 2.45) is 0 Å². The molecule has 0 aliphatic carbocycles. The van der Waals surface area contributed by atoms with Crippen molar-refractivity contribution in [3.05, 3.63) is 51.1 Å². The molecule has 2 heterocycles. The summed E-state index contributed by atoms with van der Waals surface area (Å²) in [6.07, 6.45) is 0. The minimum atomic E-state index is -1.09. The molecule has 0 aliphatic heterocycles. The van der Waals surface area contributed by atoms with Crippen molar-refractivity contribution in [3.8, 4) is 10.6 Å². The molecule has 1 aromatic carbocycles. The Hall–Kier alpha value is -1.79. The van der Waals surface area contributed by atoms with Crippen LogP contribution < -0.4 is 0 Å². The number of aromatic nitrogens is 1. The molecule has 0 saturated heterocycles. The predicted octanol–water partition coefficient (Wildman–Crippen LogP) is 4.87. The number of aromatic carboxylic acids is 1. The van der Waals surface area contributed by atoms with Gasteiger partial charge >= 0.3 is 5.97 Å². The fourth-order valence-corrected chi connectivity index (χ4v) is 3.61. The van der Waals surface area contributed by atoms with E-state index in [4.69, 9.17) is 0 Å². The number of carbonyl (C=O) groups is 1. The van der Waals surface area contributed by atoms with Crippen molar-refractivity contribution < 1.29 is 14.3 Å². The molecule has 21 heavy (non-hydrogen) atoms. The zero-order chi connectivity index (χ0) is 15.1. The van der Waals surface area contributed by atoms with Crippen LogP contribution in [0.25, 0.3) is 21.5 Å². The lowest BCUT2D eigenvalue weighted by molar-refractivity contribution is 0.0698. The largest absolute Gasteiger partial charge is 0.478 e. The highest BCUT2D eigenvalue weighted by Gasteiger charge is 2.20. The number of thiophene rings is 1. The summed E-state index contributed by atoms with van der Waals surface area (Å²) >= 11 is 4.74. The molecule has 3 aromatic rings. The first-order chi connectivity index (χ1) is 9.99. The van der Waals surface area contributed by atoms with Gasteiger partial charge in [0.15, 0.2) is 0 Å². The highest BCUT2D eigenvalue weighted by Crippen LogP contribution is 2.35. The third kappa shape index (κ3) is 2.34. The maximum atomic E-state index is 13.6. The summed E-state index contributed by atoms with van der Waals surface area (Å²) in [4.78, 5) is 17.0. The second-order valence-electron chi connectivity index (χ2n) is 4.53. The van der Waals surface area contributed by atoms with Crippen molar-refractivity contribution in [3.63, 3.8) is 0 Å². The van der Waals surface area contributed by atoms with Crippen molar-refractivity contribution in [2.45, 2.75) is 6.92 Å². The molecule has 0 bridgehead atoms. The molecule has 6 heteroatoms. The van der Waals surface area contributed by atoms with Crippen LogP contribution in [0.2, 0.25) is 0 Å². The van der Waals surface area contributed by atoms with E-state index in [2.05, 4.69) is 20.9 Å². The van der Waals surface area contributed by atoms with Crippen LogP contribution in [-0.2, 0) is 0 Å². The van der Waals surface area contributed by atoms with Gasteiger partial charge in [0.2, 0.25) is 0 Å². The Morgan fingerprint density at radius 3 is 2.81 bits per heavy atom. The number of hydrogen-bond donors (Lipinski definition) is 1.